The molecule has 0 heterocycles. The molecular weight excluding hydrogens is 220 g/mol. The van der Waals surface area contributed by atoms with Gasteiger partial charge in [-0.2, -0.15) is 13.2 Å². The molecule has 0 amide bonds. The van der Waals surface area contributed by atoms with Crippen molar-refractivity contribution in [3.63, 3.8) is 0 Å². The minimum atomic E-state index is -4.74. The van der Waals surface area contributed by atoms with Crippen LogP contribution in [0.15, 0.2) is 0 Å². The van der Waals surface area contributed by atoms with Crippen molar-refractivity contribution in [2.24, 2.45) is 0 Å². The summed E-state index contributed by atoms with van der Waals surface area (Å²) in [6.45, 7) is 1.39. The van der Waals surface area contributed by atoms with Gasteiger partial charge in [0, 0.05) is 12.7 Å². The van der Waals surface area contributed by atoms with Gasteiger partial charge in [0.15, 0.2) is 11.3 Å². The zero-order valence-electron chi connectivity index (χ0n) is 7.73. The van der Waals surface area contributed by atoms with Gasteiger partial charge in [0.05, 0.1) is 0 Å². The second-order valence-electron chi connectivity index (χ2n) is 2.84. The second kappa shape index (κ2) is 6.27. The summed E-state index contributed by atoms with van der Waals surface area (Å²) in [6, 6.07) is 0. The number of unbranched alkanes of at least 4 members (excludes halogenated alkanes) is 1. The highest BCUT2D eigenvalue weighted by molar-refractivity contribution is 8.13. The van der Waals surface area contributed by atoms with Crippen LogP contribution in [-0.2, 0) is 4.79 Å². The number of thioether (sulfide) groups is 1. The molecule has 0 aromatic heterocycles. The molecule has 0 fully saturated rings. The van der Waals surface area contributed by atoms with Gasteiger partial charge in [0.1, 0.15) is 0 Å². The molecular formula is C8H12F4OS. The molecule has 0 rings (SSSR count). The Morgan fingerprint density at radius 3 is 2.36 bits per heavy atom. The SMILES string of the molecule is CC(=O)SCCCCC(F)C(F)(F)F. The number of rotatable bonds is 5. The lowest BCUT2D eigenvalue weighted by Crippen LogP contribution is -2.24. The molecule has 0 aliphatic rings. The number of carbonyl (C=O) groups excluding carboxylic acids is 1. The fraction of sp³-hybridized carbons (Fsp3) is 0.875. The van der Waals surface area contributed by atoms with Crippen LogP contribution >= 0.6 is 11.8 Å². The van der Waals surface area contributed by atoms with E-state index in [4.69, 9.17) is 0 Å². The molecule has 0 saturated carbocycles. The van der Waals surface area contributed by atoms with E-state index < -0.39 is 18.8 Å². The highest BCUT2D eigenvalue weighted by Gasteiger charge is 2.39. The number of halogens is 4. The van der Waals surface area contributed by atoms with E-state index in [1.54, 1.807) is 0 Å². The monoisotopic (exact) mass is 232 g/mol. The molecule has 1 unspecified atom stereocenters. The Bertz CT molecular complexity index is 181. The lowest BCUT2D eigenvalue weighted by atomic mass is 10.2. The van der Waals surface area contributed by atoms with Crippen molar-refractivity contribution in [2.75, 3.05) is 5.75 Å². The van der Waals surface area contributed by atoms with Crippen molar-refractivity contribution in [1.82, 2.24) is 0 Å². The van der Waals surface area contributed by atoms with Crippen molar-refractivity contribution >= 4 is 16.9 Å². The van der Waals surface area contributed by atoms with Crippen LogP contribution in [0.2, 0.25) is 0 Å². The van der Waals surface area contributed by atoms with Crippen LogP contribution in [0, 0.1) is 0 Å². The average molecular weight is 232 g/mol. The number of alkyl halides is 4. The maximum atomic E-state index is 12.3. The first-order valence-corrected chi connectivity index (χ1v) is 5.16. The summed E-state index contributed by atoms with van der Waals surface area (Å²) in [5.41, 5.74) is 0. The standard InChI is InChI=1S/C8H12F4OS/c1-6(13)14-5-3-2-4-7(9)8(10,11)12/h7H,2-5H2,1H3. The molecule has 0 radical (unpaired) electrons. The highest BCUT2D eigenvalue weighted by Crippen LogP contribution is 2.26. The first kappa shape index (κ1) is 13.7. The predicted molar refractivity (Wildman–Crippen MR) is 47.9 cm³/mol. The van der Waals surface area contributed by atoms with Crippen molar-refractivity contribution in [3.05, 3.63) is 0 Å². The summed E-state index contributed by atoms with van der Waals surface area (Å²) < 4.78 is 47.3. The molecule has 0 saturated heterocycles. The zero-order chi connectivity index (χ0) is 11.2. The van der Waals surface area contributed by atoms with E-state index in [-0.39, 0.29) is 11.5 Å². The van der Waals surface area contributed by atoms with Crippen LogP contribution in [0.25, 0.3) is 0 Å². The van der Waals surface area contributed by atoms with Crippen LogP contribution in [0.3, 0.4) is 0 Å². The quantitative estimate of drug-likeness (QED) is 0.534. The third kappa shape index (κ3) is 7.17. The van der Waals surface area contributed by atoms with Gasteiger partial charge in [-0.25, -0.2) is 4.39 Å². The highest BCUT2D eigenvalue weighted by atomic mass is 32.2. The van der Waals surface area contributed by atoms with Gasteiger partial charge in [-0.1, -0.05) is 11.8 Å². The fourth-order valence-corrected chi connectivity index (χ4v) is 1.44. The van der Waals surface area contributed by atoms with E-state index in [1.165, 1.54) is 6.92 Å². The summed E-state index contributed by atoms with van der Waals surface area (Å²) in [5.74, 6) is 0.458. The summed E-state index contributed by atoms with van der Waals surface area (Å²) >= 11 is 1.05. The van der Waals surface area contributed by atoms with Gasteiger partial charge < -0.3 is 0 Å². The van der Waals surface area contributed by atoms with E-state index in [0.717, 1.165) is 11.8 Å². The number of hydrogen-bond acceptors (Lipinski definition) is 2. The summed E-state index contributed by atoms with van der Waals surface area (Å²) in [4.78, 5) is 10.4. The van der Waals surface area contributed by atoms with E-state index >= 15 is 0 Å². The van der Waals surface area contributed by atoms with Gasteiger partial charge in [0.25, 0.3) is 0 Å². The maximum Gasteiger partial charge on any atom is 0.419 e. The van der Waals surface area contributed by atoms with Crippen LogP contribution in [0.5, 0.6) is 0 Å². The van der Waals surface area contributed by atoms with Crippen LogP contribution < -0.4 is 0 Å². The molecule has 0 bridgehead atoms. The molecule has 0 aromatic rings. The molecule has 84 valence electrons. The molecule has 0 aromatic carbocycles. The van der Waals surface area contributed by atoms with Crippen molar-refractivity contribution in [2.45, 2.75) is 38.5 Å². The molecule has 0 aliphatic carbocycles. The van der Waals surface area contributed by atoms with Crippen LogP contribution in [-0.4, -0.2) is 23.2 Å². The Hall–Kier alpha value is -0.260. The first-order chi connectivity index (χ1) is 6.34. The van der Waals surface area contributed by atoms with Gasteiger partial charge in [-0.15, -0.1) is 0 Å². The van der Waals surface area contributed by atoms with Crippen LogP contribution in [0.1, 0.15) is 26.2 Å². The van der Waals surface area contributed by atoms with E-state index in [2.05, 4.69) is 0 Å². The zero-order valence-corrected chi connectivity index (χ0v) is 8.55. The van der Waals surface area contributed by atoms with E-state index in [1.807, 2.05) is 0 Å². The minimum absolute atomic E-state index is 0.0716. The Labute approximate surface area is 84.2 Å². The molecule has 0 spiro atoms. The Kier molecular flexibility index (Phi) is 6.15. The lowest BCUT2D eigenvalue weighted by Gasteiger charge is -2.11. The van der Waals surface area contributed by atoms with Crippen molar-refractivity contribution in [1.29, 1.82) is 0 Å². The third-order valence-corrected chi connectivity index (χ3v) is 2.41. The van der Waals surface area contributed by atoms with E-state index in [0.29, 0.717) is 12.2 Å². The summed E-state index contributed by atoms with van der Waals surface area (Å²) in [5, 5.41) is -0.0716. The smallest absolute Gasteiger partial charge is 0.288 e. The lowest BCUT2D eigenvalue weighted by molar-refractivity contribution is -0.182. The van der Waals surface area contributed by atoms with Gasteiger partial charge >= 0.3 is 6.18 Å². The average Bonchev–Trinajstić information content (AvgIpc) is 2.01. The first-order valence-electron chi connectivity index (χ1n) is 4.18. The Morgan fingerprint density at radius 1 is 1.36 bits per heavy atom. The third-order valence-electron chi connectivity index (χ3n) is 1.51. The Balaban J connectivity index is 3.41. The number of hydrogen-bond donors (Lipinski definition) is 0. The normalized spacial score (nSPS) is 14.1. The topological polar surface area (TPSA) is 17.1 Å². The van der Waals surface area contributed by atoms with Crippen molar-refractivity contribution < 1.29 is 22.4 Å². The molecule has 1 atom stereocenters. The van der Waals surface area contributed by atoms with Gasteiger partial charge in [0.2, 0.25) is 0 Å². The molecule has 14 heavy (non-hydrogen) atoms. The minimum Gasteiger partial charge on any atom is -0.288 e. The van der Waals surface area contributed by atoms with Gasteiger partial charge in [-0.3, -0.25) is 4.79 Å². The van der Waals surface area contributed by atoms with E-state index in [9.17, 15) is 22.4 Å². The summed E-state index contributed by atoms with van der Waals surface area (Å²) in [7, 11) is 0. The fourth-order valence-electron chi connectivity index (χ4n) is 0.805. The molecule has 6 heteroatoms. The largest absolute Gasteiger partial charge is 0.419 e. The Morgan fingerprint density at radius 2 is 1.93 bits per heavy atom. The second-order valence-corrected chi connectivity index (χ2v) is 4.12. The van der Waals surface area contributed by atoms with Crippen LogP contribution in [0.4, 0.5) is 17.6 Å². The molecule has 0 N–H and O–H groups in total. The maximum absolute atomic E-state index is 12.3. The summed E-state index contributed by atoms with van der Waals surface area (Å²) in [6.07, 6.45) is -7.40. The van der Waals surface area contributed by atoms with Crippen molar-refractivity contribution in [3.8, 4) is 0 Å². The van der Waals surface area contributed by atoms with Gasteiger partial charge in [-0.05, 0) is 19.3 Å². The molecule has 1 nitrogen and oxygen atoms in total. The number of carbonyl (C=O) groups is 1. The molecule has 0 aliphatic heterocycles. The predicted octanol–water partition coefficient (Wildman–Crippen LogP) is 3.34.